The van der Waals surface area contributed by atoms with Gasteiger partial charge in [-0.25, -0.2) is 0 Å². The van der Waals surface area contributed by atoms with Crippen molar-refractivity contribution in [2.45, 2.75) is 24.5 Å². The van der Waals surface area contributed by atoms with E-state index in [0.29, 0.717) is 25.1 Å². The number of thioether (sulfide) groups is 1. The minimum atomic E-state index is -0.180. The van der Waals surface area contributed by atoms with Crippen LogP contribution in [0.4, 0.5) is 0 Å². The van der Waals surface area contributed by atoms with Gasteiger partial charge in [0.15, 0.2) is 11.0 Å². The molecule has 0 unspecified atom stereocenters. The molecule has 0 amide bonds. The monoisotopic (exact) mass is 374 g/mol. The SMILES string of the molecule is N#CCC[C@H](C#N)CSc1nnc(-c2ccncc2)n1Cc1ccccc1. The highest BCUT2D eigenvalue weighted by atomic mass is 32.2. The van der Waals surface area contributed by atoms with Gasteiger partial charge in [-0.2, -0.15) is 10.5 Å². The van der Waals surface area contributed by atoms with Crippen LogP contribution in [0.25, 0.3) is 11.4 Å². The summed E-state index contributed by atoms with van der Waals surface area (Å²) in [6.07, 6.45) is 4.43. The molecular formula is C20H18N6S. The van der Waals surface area contributed by atoms with Crippen LogP contribution in [0.1, 0.15) is 18.4 Å². The second kappa shape index (κ2) is 9.51. The Bertz CT molecular complexity index is 940. The Balaban J connectivity index is 1.86. The highest BCUT2D eigenvalue weighted by molar-refractivity contribution is 7.99. The normalized spacial score (nSPS) is 11.5. The lowest BCUT2D eigenvalue weighted by molar-refractivity contribution is 0.677. The first kappa shape index (κ1) is 18.6. The van der Waals surface area contributed by atoms with Crippen molar-refractivity contribution in [1.82, 2.24) is 19.7 Å². The van der Waals surface area contributed by atoms with Gasteiger partial charge in [0.25, 0.3) is 0 Å². The Hall–Kier alpha value is -3.16. The first-order valence-electron chi connectivity index (χ1n) is 8.58. The molecule has 3 rings (SSSR count). The van der Waals surface area contributed by atoms with Crippen LogP contribution in [0.15, 0.2) is 60.0 Å². The standard InChI is InChI=1S/C20H18N6S/c21-10-4-7-17(13-22)15-27-20-25-24-19(18-8-11-23-12-9-18)26(20)14-16-5-2-1-3-6-16/h1-3,5-6,8-9,11-12,17H,4,7,14-15H2/t17-/m1/s1. The number of nitriles is 2. The predicted molar refractivity (Wildman–Crippen MR) is 103 cm³/mol. The van der Waals surface area contributed by atoms with Crippen LogP contribution in [-0.2, 0) is 6.54 Å². The smallest absolute Gasteiger partial charge is 0.191 e. The molecule has 0 radical (unpaired) electrons. The van der Waals surface area contributed by atoms with E-state index in [2.05, 4.69) is 44.0 Å². The molecule has 0 saturated heterocycles. The number of hydrogen-bond acceptors (Lipinski definition) is 6. The van der Waals surface area contributed by atoms with E-state index < -0.39 is 0 Å². The molecule has 0 spiro atoms. The van der Waals surface area contributed by atoms with Crippen molar-refractivity contribution in [1.29, 1.82) is 10.5 Å². The van der Waals surface area contributed by atoms with E-state index in [-0.39, 0.29) is 5.92 Å². The maximum Gasteiger partial charge on any atom is 0.191 e. The Labute approximate surface area is 162 Å². The maximum absolute atomic E-state index is 9.30. The summed E-state index contributed by atoms with van der Waals surface area (Å²) in [4.78, 5) is 4.07. The lowest BCUT2D eigenvalue weighted by Gasteiger charge is -2.11. The van der Waals surface area contributed by atoms with E-state index in [1.807, 2.05) is 30.3 Å². The van der Waals surface area contributed by atoms with Gasteiger partial charge in [-0.05, 0) is 24.1 Å². The summed E-state index contributed by atoms with van der Waals surface area (Å²) in [5.41, 5.74) is 2.09. The summed E-state index contributed by atoms with van der Waals surface area (Å²) in [5.74, 6) is 1.18. The molecule has 2 aromatic heterocycles. The van der Waals surface area contributed by atoms with Crippen molar-refractivity contribution >= 4 is 11.8 Å². The molecule has 1 aromatic carbocycles. The van der Waals surface area contributed by atoms with Crippen LogP contribution in [0.5, 0.6) is 0 Å². The van der Waals surface area contributed by atoms with E-state index in [1.54, 1.807) is 12.4 Å². The molecule has 0 aliphatic rings. The molecule has 0 aliphatic heterocycles. The number of rotatable bonds is 8. The van der Waals surface area contributed by atoms with Crippen LogP contribution in [-0.4, -0.2) is 25.5 Å². The van der Waals surface area contributed by atoms with E-state index >= 15 is 0 Å². The van der Waals surface area contributed by atoms with Crippen molar-refractivity contribution in [3.8, 4) is 23.5 Å². The van der Waals surface area contributed by atoms with Crippen molar-refractivity contribution in [3.63, 3.8) is 0 Å². The first-order chi connectivity index (χ1) is 13.3. The molecule has 27 heavy (non-hydrogen) atoms. The number of pyridine rings is 1. The van der Waals surface area contributed by atoms with Gasteiger partial charge >= 0.3 is 0 Å². The molecule has 0 aliphatic carbocycles. The fourth-order valence-electron chi connectivity index (χ4n) is 2.62. The molecule has 3 aromatic rings. The molecule has 0 fully saturated rings. The summed E-state index contributed by atoms with van der Waals surface area (Å²) >= 11 is 1.51. The fourth-order valence-corrected chi connectivity index (χ4v) is 3.61. The lowest BCUT2D eigenvalue weighted by atomic mass is 10.1. The molecule has 134 valence electrons. The third-order valence-corrected chi connectivity index (χ3v) is 5.17. The Morgan fingerprint density at radius 2 is 1.81 bits per heavy atom. The van der Waals surface area contributed by atoms with Crippen LogP contribution >= 0.6 is 11.8 Å². The summed E-state index contributed by atoms with van der Waals surface area (Å²) < 4.78 is 2.06. The fraction of sp³-hybridized carbons (Fsp3) is 0.250. The van der Waals surface area contributed by atoms with Crippen molar-refractivity contribution < 1.29 is 0 Å². The highest BCUT2D eigenvalue weighted by Gasteiger charge is 2.17. The zero-order valence-corrected chi connectivity index (χ0v) is 15.5. The van der Waals surface area contributed by atoms with Gasteiger partial charge in [-0.15, -0.1) is 10.2 Å². The van der Waals surface area contributed by atoms with Gasteiger partial charge in [0.2, 0.25) is 0 Å². The van der Waals surface area contributed by atoms with E-state index in [9.17, 15) is 5.26 Å². The largest absolute Gasteiger partial charge is 0.298 e. The van der Waals surface area contributed by atoms with Crippen LogP contribution < -0.4 is 0 Å². The second-order valence-corrected chi connectivity index (χ2v) is 6.93. The summed E-state index contributed by atoms with van der Waals surface area (Å²) in [5, 5.41) is 27.5. The molecule has 1 atom stereocenters. The predicted octanol–water partition coefficient (Wildman–Crippen LogP) is 3.92. The Morgan fingerprint density at radius 1 is 1.04 bits per heavy atom. The number of benzene rings is 1. The van der Waals surface area contributed by atoms with Gasteiger partial charge in [0.05, 0.1) is 24.6 Å². The van der Waals surface area contributed by atoms with E-state index in [0.717, 1.165) is 22.1 Å². The van der Waals surface area contributed by atoms with Crippen LogP contribution in [0, 0.1) is 28.6 Å². The van der Waals surface area contributed by atoms with Crippen molar-refractivity contribution in [2.24, 2.45) is 5.92 Å². The van der Waals surface area contributed by atoms with Crippen LogP contribution in [0.2, 0.25) is 0 Å². The van der Waals surface area contributed by atoms with Crippen molar-refractivity contribution in [2.75, 3.05) is 5.75 Å². The minimum absolute atomic E-state index is 0.180. The van der Waals surface area contributed by atoms with E-state index in [1.165, 1.54) is 11.8 Å². The topological polar surface area (TPSA) is 91.2 Å². The summed E-state index contributed by atoms with van der Waals surface area (Å²) in [6, 6.07) is 18.3. The average Bonchev–Trinajstić information content (AvgIpc) is 3.12. The number of hydrogen-bond donors (Lipinski definition) is 0. The van der Waals surface area contributed by atoms with Gasteiger partial charge in [-0.1, -0.05) is 42.1 Å². The van der Waals surface area contributed by atoms with Gasteiger partial charge in [0, 0.05) is 30.1 Å². The molecular weight excluding hydrogens is 356 g/mol. The molecule has 2 heterocycles. The second-order valence-electron chi connectivity index (χ2n) is 5.95. The molecule has 0 bridgehead atoms. The lowest BCUT2D eigenvalue weighted by Crippen LogP contribution is -2.06. The maximum atomic E-state index is 9.30. The Morgan fingerprint density at radius 3 is 2.52 bits per heavy atom. The third-order valence-electron chi connectivity index (χ3n) is 4.04. The summed E-state index contributed by atoms with van der Waals surface area (Å²) in [6.45, 7) is 0.642. The zero-order chi connectivity index (χ0) is 18.9. The number of aromatic nitrogens is 4. The third kappa shape index (κ3) is 4.93. The zero-order valence-electron chi connectivity index (χ0n) is 14.7. The van der Waals surface area contributed by atoms with E-state index in [4.69, 9.17) is 5.26 Å². The molecule has 7 heteroatoms. The van der Waals surface area contributed by atoms with Gasteiger partial charge in [0.1, 0.15) is 0 Å². The summed E-state index contributed by atoms with van der Waals surface area (Å²) in [7, 11) is 0. The molecule has 0 N–H and O–H groups in total. The van der Waals surface area contributed by atoms with Gasteiger partial charge in [-0.3, -0.25) is 9.55 Å². The molecule has 0 saturated carbocycles. The quantitative estimate of drug-likeness (QED) is 0.555. The first-order valence-corrected chi connectivity index (χ1v) is 9.57. The van der Waals surface area contributed by atoms with Crippen molar-refractivity contribution in [3.05, 3.63) is 60.4 Å². The van der Waals surface area contributed by atoms with Gasteiger partial charge < -0.3 is 0 Å². The minimum Gasteiger partial charge on any atom is -0.298 e. The Kier molecular flexibility index (Phi) is 6.56. The average molecular weight is 374 g/mol. The van der Waals surface area contributed by atoms with Crippen LogP contribution in [0.3, 0.4) is 0 Å². The highest BCUT2D eigenvalue weighted by Crippen LogP contribution is 2.27. The molecule has 6 nitrogen and oxygen atoms in total. The number of nitrogens with zero attached hydrogens (tertiary/aromatic N) is 6.